The van der Waals surface area contributed by atoms with Crippen molar-refractivity contribution in [1.29, 1.82) is 0 Å². The summed E-state index contributed by atoms with van der Waals surface area (Å²) >= 11 is 0. The van der Waals surface area contributed by atoms with Gasteiger partial charge in [0.25, 0.3) is 0 Å². The van der Waals surface area contributed by atoms with Crippen LogP contribution in [0.25, 0.3) is 0 Å². The number of hydrogen-bond donors (Lipinski definition) is 1. The number of amides is 1. The maximum atomic E-state index is 11.8. The molecule has 1 amide bonds. The molecular weight excluding hydrogens is 202 g/mol. The Morgan fingerprint density at radius 1 is 1.38 bits per heavy atom. The lowest BCUT2D eigenvalue weighted by Gasteiger charge is -2.33. The molecule has 4 heteroatoms. The minimum atomic E-state index is 0.274. The van der Waals surface area contributed by atoms with Gasteiger partial charge in [0.2, 0.25) is 5.91 Å². The molecule has 0 bridgehead atoms. The lowest BCUT2D eigenvalue weighted by atomic mass is 10.2. The average Bonchev–Trinajstić information content (AvgIpc) is 2.30. The van der Waals surface area contributed by atoms with Crippen LogP contribution in [0, 0.1) is 12.3 Å². The van der Waals surface area contributed by atoms with Crippen molar-refractivity contribution < 1.29 is 4.79 Å². The molecule has 1 rings (SSSR count). The van der Waals surface area contributed by atoms with Gasteiger partial charge >= 0.3 is 0 Å². The Morgan fingerprint density at radius 3 is 2.62 bits per heavy atom. The highest BCUT2D eigenvalue weighted by molar-refractivity contribution is 5.76. The van der Waals surface area contributed by atoms with E-state index in [1.807, 2.05) is 11.9 Å². The summed E-state index contributed by atoms with van der Waals surface area (Å²) in [5, 5.41) is 3.05. The van der Waals surface area contributed by atoms with Crippen molar-refractivity contribution in [2.75, 3.05) is 46.3 Å². The fraction of sp³-hybridized carbons (Fsp3) is 0.750. The molecule has 0 aliphatic carbocycles. The van der Waals surface area contributed by atoms with E-state index in [1.54, 1.807) is 0 Å². The van der Waals surface area contributed by atoms with E-state index in [9.17, 15) is 4.79 Å². The normalized spacial score (nSPS) is 17.1. The Kier molecular flexibility index (Phi) is 5.91. The Labute approximate surface area is 98.0 Å². The van der Waals surface area contributed by atoms with Gasteiger partial charge in [0, 0.05) is 32.6 Å². The number of hydrogen-bond acceptors (Lipinski definition) is 3. The predicted molar refractivity (Wildman–Crippen MR) is 65.0 cm³/mol. The van der Waals surface area contributed by atoms with Crippen LogP contribution in [-0.2, 0) is 4.79 Å². The van der Waals surface area contributed by atoms with Crippen molar-refractivity contribution in [3.63, 3.8) is 0 Å². The molecule has 1 aliphatic heterocycles. The molecule has 0 spiro atoms. The maximum Gasteiger partial charge on any atom is 0.222 e. The fourth-order valence-corrected chi connectivity index (χ4v) is 1.86. The third-order valence-corrected chi connectivity index (χ3v) is 2.86. The van der Waals surface area contributed by atoms with Gasteiger partial charge in [0.15, 0.2) is 0 Å². The molecule has 0 aromatic heterocycles. The van der Waals surface area contributed by atoms with E-state index >= 15 is 0 Å². The summed E-state index contributed by atoms with van der Waals surface area (Å²) in [7, 11) is 1.91. The smallest absolute Gasteiger partial charge is 0.222 e. The Morgan fingerprint density at radius 2 is 2.06 bits per heavy atom. The van der Waals surface area contributed by atoms with Crippen LogP contribution in [0.3, 0.4) is 0 Å². The van der Waals surface area contributed by atoms with Gasteiger partial charge in [-0.25, -0.2) is 0 Å². The van der Waals surface area contributed by atoms with Gasteiger partial charge < -0.3 is 10.2 Å². The summed E-state index contributed by atoms with van der Waals surface area (Å²) in [4.78, 5) is 15.9. The molecule has 0 aromatic carbocycles. The SMILES string of the molecule is C#CCN1CCN(C(=O)CCCNC)CC1. The molecular formula is C12H21N3O. The molecule has 16 heavy (non-hydrogen) atoms. The van der Waals surface area contributed by atoms with E-state index in [1.165, 1.54) is 0 Å². The molecule has 1 saturated heterocycles. The van der Waals surface area contributed by atoms with Gasteiger partial charge in [-0.2, -0.15) is 0 Å². The highest BCUT2D eigenvalue weighted by atomic mass is 16.2. The van der Waals surface area contributed by atoms with Crippen molar-refractivity contribution in [2.45, 2.75) is 12.8 Å². The topological polar surface area (TPSA) is 35.6 Å². The lowest BCUT2D eigenvalue weighted by Crippen LogP contribution is -2.48. The molecule has 1 fully saturated rings. The largest absolute Gasteiger partial charge is 0.340 e. The number of nitrogens with zero attached hydrogens (tertiary/aromatic N) is 2. The summed E-state index contributed by atoms with van der Waals surface area (Å²) in [5.41, 5.74) is 0. The molecule has 0 saturated carbocycles. The van der Waals surface area contributed by atoms with Crippen molar-refractivity contribution in [3.05, 3.63) is 0 Å². The molecule has 0 radical (unpaired) electrons. The van der Waals surface area contributed by atoms with Crippen molar-refractivity contribution >= 4 is 5.91 Å². The van der Waals surface area contributed by atoms with E-state index in [0.29, 0.717) is 13.0 Å². The van der Waals surface area contributed by atoms with Crippen LogP contribution in [0.1, 0.15) is 12.8 Å². The van der Waals surface area contributed by atoms with E-state index < -0.39 is 0 Å². The predicted octanol–water partition coefficient (Wildman–Crippen LogP) is -0.237. The van der Waals surface area contributed by atoms with Crippen LogP contribution >= 0.6 is 0 Å². The fourth-order valence-electron chi connectivity index (χ4n) is 1.86. The first-order valence-electron chi connectivity index (χ1n) is 5.86. The first-order chi connectivity index (χ1) is 7.77. The zero-order chi connectivity index (χ0) is 11.8. The van der Waals surface area contributed by atoms with Crippen LogP contribution < -0.4 is 5.32 Å². The van der Waals surface area contributed by atoms with E-state index in [4.69, 9.17) is 6.42 Å². The second-order valence-electron chi connectivity index (χ2n) is 4.07. The first kappa shape index (κ1) is 13.0. The van der Waals surface area contributed by atoms with Crippen molar-refractivity contribution in [2.24, 2.45) is 0 Å². The number of terminal acetylenes is 1. The molecule has 90 valence electrons. The summed E-state index contributed by atoms with van der Waals surface area (Å²) in [6.45, 7) is 5.05. The lowest BCUT2D eigenvalue weighted by molar-refractivity contribution is -0.132. The maximum absolute atomic E-state index is 11.8. The highest BCUT2D eigenvalue weighted by Crippen LogP contribution is 2.04. The summed E-state index contributed by atoms with van der Waals surface area (Å²) in [5.74, 6) is 2.91. The summed E-state index contributed by atoms with van der Waals surface area (Å²) < 4.78 is 0. The molecule has 1 aliphatic rings. The molecule has 1 heterocycles. The molecule has 0 aromatic rings. The number of rotatable bonds is 5. The number of piperazine rings is 1. The van der Waals surface area contributed by atoms with E-state index in [0.717, 1.165) is 39.1 Å². The van der Waals surface area contributed by atoms with Crippen LogP contribution in [0.2, 0.25) is 0 Å². The first-order valence-corrected chi connectivity index (χ1v) is 5.86. The molecule has 0 unspecified atom stereocenters. The third-order valence-electron chi connectivity index (χ3n) is 2.86. The Bertz CT molecular complexity index is 251. The number of nitrogens with one attached hydrogen (secondary N) is 1. The molecule has 1 N–H and O–H groups in total. The van der Waals surface area contributed by atoms with E-state index in [2.05, 4.69) is 16.1 Å². The standard InChI is InChI=1S/C12H21N3O/c1-3-7-14-8-10-15(11-9-14)12(16)5-4-6-13-2/h1,13H,4-11H2,2H3. The minimum Gasteiger partial charge on any atom is -0.340 e. The quantitative estimate of drug-likeness (QED) is 0.516. The molecule has 4 nitrogen and oxygen atoms in total. The van der Waals surface area contributed by atoms with Crippen molar-refractivity contribution in [1.82, 2.24) is 15.1 Å². The Hall–Kier alpha value is -1.05. The van der Waals surface area contributed by atoms with Gasteiger partial charge in [-0.05, 0) is 20.0 Å². The highest BCUT2D eigenvalue weighted by Gasteiger charge is 2.19. The zero-order valence-electron chi connectivity index (χ0n) is 10.0. The summed E-state index contributed by atoms with van der Waals surface area (Å²) in [6.07, 6.45) is 6.82. The summed E-state index contributed by atoms with van der Waals surface area (Å²) in [6, 6.07) is 0. The van der Waals surface area contributed by atoms with Gasteiger partial charge in [0.1, 0.15) is 0 Å². The van der Waals surface area contributed by atoms with Gasteiger partial charge in [0.05, 0.1) is 6.54 Å². The number of carbonyl (C=O) groups is 1. The van der Waals surface area contributed by atoms with E-state index in [-0.39, 0.29) is 5.91 Å². The van der Waals surface area contributed by atoms with Gasteiger partial charge in [-0.15, -0.1) is 6.42 Å². The average molecular weight is 223 g/mol. The van der Waals surface area contributed by atoms with Crippen LogP contribution in [0.5, 0.6) is 0 Å². The second-order valence-corrected chi connectivity index (χ2v) is 4.07. The van der Waals surface area contributed by atoms with Crippen molar-refractivity contribution in [3.8, 4) is 12.3 Å². The van der Waals surface area contributed by atoms with Crippen LogP contribution in [0.15, 0.2) is 0 Å². The monoisotopic (exact) mass is 223 g/mol. The van der Waals surface area contributed by atoms with Gasteiger partial charge in [-0.1, -0.05) is 5.92 Å². The van der Waals surface area contributed by atoms with Crippen LogP contribution in [-0.4, -0.2) is 62.0 Å². The third kappa shape index (κ3) is 4.21. The Balaban J connectivity index is 2.20. The van der Waals surface area contributed by atoms with Gasteiger partial charge in [-0.3, -0.25) is 9.69 Å². The zero-order valence-corrected chi connectivity index (χ0v) is 10.0. The minimum absolute atomic E-state index is 0.274. The molecule has 0 atom stereocenters. The second kappa shape index (κ2) is 7.26. The number of carbonyl (C=O) groups excluding carboxylic acids is 1. The van der Waals surface area contributed by atoms with Crippen LogP contribution in [0.4, 0.5) is 0 Å².